The van der Waals surface area contributed by atoms with Crippen LogP contribution in [0.15, 0.2) is 84.9 Å². The highest BCUT2D eigenvalue weighted by Crippen LogP contribution is 2.28. The van der Waals surface area contributed by atoms with Crippen LogP contribution in [0, 0.1) is 0 Å². The molecule has 0 aliphatic carbocycles. The van der Waals surface area contributed by atoms with Crippen LogP contribution in [-0.4, -0.2) is 0 Å². The summed E-state index contributed by atoms with van der Waals surface area (Å²) in [5.74, 6) is 0.704. The van der Waals surface area contributed by atoms with E-state index in [0.29, 0.717) is 17.4 Å². The minimum absolute atomic E-state index is 0.489. The lowest BCUT2D eigenvalue weighted by Crippen LogP contribution is -2.01. The van der Waals surface area contributed by atoms with Crippen LogP contribution in [0.3, 0.4) is 0 Å². The third-order valence-electron chi connectivity index (χ3n) is 5.12. The van der Waals surface area contributed by atoms with Crippen LogP contribution >= 0.6 is 11.6 Å². The van der Waals surface area contributed by atoms with Crippen LogP contribution in [-0.2, 0) is 19.6 Å². The number of ether oxygens (including phenoxy) is 1. The monoisotopic (exact) mass is 401 g/mol. The fourth-order valence-corrected chi connectivity index (χ4v) is 3.67. The number of rotatable bonds is 7. The van der Waals surface area contributed by atoms with Gasteiger partial charge in [-0.15, -0.1) is 0 Å². The SMILES string of the molecule is CCc1ccc(NCc2ccc(OCc3cccc4ccccc34)c(Cl)c2)cc1. The average molecular weight is 402 g/mol. The second-order valence-electron chi connectivity index (χ2n) is 7.10. The van der Waals surface area contributed by atoms with E-state index in [0.717, 1.165) is 29.8 Å². The molecule has 0 spiro atoms. The third kappa shape index (κ3) is 4.72. The molecule has 0 aliphatic heterocycles. The van der Waals surface area contributed by atoms with Crippen molar-refractivity contribution in [2.45, 2.75) is 26.5 Å². The molecule has 0 aromatic heterocycles. The highest BCUT2D eigenvalue weighted by atomic mass is 35.5. The Morgan fingerprint density at radius 1 is 0.828 bits per heavy atom. The normalized spacial score (nSPS) is 10.8. The van der Waals surface area contributed by atoms with E-state index in [1.54, 1.807) is 0 Å². The molecule has 0 saturated heterocycles. The maximum Gasteiger partial charge on any atom is 0.138 e. The van der Waals surface area contributed by atoms with E-state index >= 15 is 0 Å². The number of hydrogen-bond donors (Lipinski definition) is 1. The topological polar surface area (TPSA) is 21.3 Å². The summed E-state index contributed by atoms with van der Waals surface area (Å²) >= 11 is 6.48. The maximum atomic E-state index is 6.48. The number of hydrogen-bond acceptors (Lipinski definition) is 2. The Labute approximate surface area is 177 Å². The lowest BCUT2D eigenvalue weighted by molar-refractivity contribution is 0.308. The van der Waals surface area contributed by atoms with Gasteiger partial charge in [-0.25, -0.2) is 0 Å². The van der Waals surface area contributed by atoms with E-state index in [-0.39, 0.29) is 0 Å². The molecule has 0 amide bonds. The standard InChI is InChI=1S/C26H24ClNO/c1-2-19-10-13-23(14-11-19)28-17-20-12-15-26(25(27)16-20)29-18-22-8-5-7-21-6-3-4-9-24(21)22/h3-16,28H,2,17-18H2,1H3. The Morgan fingerprint density at radius 3 is 2.38 bits per heavy atom. The number of benzene rings is 4. The van der Waals surface area contributed by atoms with Crippen molar-refractivity contribution in [1.82, 2.24) is 0 Å². The highest BCUT2D eigenvalue weighted by Gasteiger charge is 2.06. The van der Waals surface area contributed by atoms with Gasteiger partial charge in [-0.3, -0.25) is 0 Å². The first-order valence-corrected chi connectivity index (χ1v) is 10.3. The summed E-state index contributed by atoms with van der Waals surface area (Å²) in [6.07, 6.45) is 1.05. The largest absolute Gasteiger partial charge is 0.487 e. The molecule has 0 bridgehead atoms. The zero-order valence-corrected chi connectivity index (χ0v) is 17.2. The minimum Gasteiger partial charge on any atom is -0.487 e. The van der Waals surface area contributed by atoms with Gasteiger partial charge >= 0.3 is 0 Å². The summed E-state index contributed by atoms with van der Waals surface area (Å²) in [5, 5.41) is 6.49. The van der Waals surface area contributed by atoms with E-state index < -0.39 is 0 Å². The molecule has 0 radical (unpaired) electrons. The fourth-order valence-electron chi connectivity index (χ4n) is 3.41. The van der Waals surface area contributed by atoms with Crippen LogP contribution in [0.5, 0.6) is 5.75 Å². The van der Waals surface area contributed by atoms with E-state index in [1.165, 1.54) is 16.3 Å². The van der Waals surface area contributed by atoms with Gasteiger partial charge in [0.2, 0.25) is 0 Å². The van der Waals surface area contributed by atoms with E-state index in [9.17, 15) is 0 Å². The predicted octanol–water partition coefficient (Wildman–Crippen LogP) is 7.25. The molecule has 0 aliphatic rings. The molecule has 0 heterocycles. The molecule has 146 valence electrons. The second kappa shape index (κ2) is 9.02. The fraction of sp³-hybridized carbons (Fsp3) is 0.154. The van der Waals surface area contributed by atoms with Crippen LogP contribution in [0.2, 0.25) is 5.02 Å². The summed E-state index contributed by atoms with van der Waals surface area (Å²) in [7, 11) is 0. The lowest BCUT2D eigenvalue weighted by atomic mass is 10.1. The molecule has 4 aromatic carbocycles. The third-order valence-corrected chi connectivity index (χ3v) is 5.41. The number of fused-ring (bicyclic) bond motifs is 1. The van der Waals surface area contributed by atoms with Gasteiger partial charge in [0.05, 0.1) is 5.02 Å². The molecule has 0 unspecified atom stereocenters. The van der Waals surface area contributed by atoms with Crippen molar-refractivity contribution in [3.63, 3.8) is 0 Å². The molecule has 3 heteroatoms. The molecule has 1 N–H and O–H groups in total. The van der Waals surface area contributed by atoms with Gasteiger partial charge in [-0.2, -0.15) is 0 Å². The lowest BCUT2D eigenvalue weighted by Gasteiger charge is -2.12. The summed E-state index contributed by atoms with van der Waals surface area (Å²) in [6, 6.07) is 29.1. The average Bonchev–Trinajstić information content (AvgIpc) is 2.77. The van der Waals surface area contributed by atoms with Gasteiger partial charge in [-0.05, 0) is 58.1 Å². The highest BCUT2D eigenvalue weighted by molar-refractivity contribution is 6.32. The minimum atomic E-state index is 0.489. The quantitative estimate of drug-likeness (QED) is 0.352. The molecule has 2 nitrogen and oxygen atoms in total. The Kier molecular flexibility index (Phi) is 6.02. The van der Waals surface area contributed by atoms with E-state index in [4.69, 9.17) is 16.3 Å². The van der Waals surface area contributed by atoms with Crippen LogP contribution in [0.25, 0.3) is 10.8 Å². The first-order chi connectivity index (χ1) is 14.2. The van der Waals surface area contributed by atoms with Crippen LogP contribution in [0.4, 0.5) is 5.69 Å². The van der Waals surface area contributed by atoms with Crippen molar-refractivity contribution < 1.29 is 4.74 Å². The summed E-state index contributed by atoms with van der Waals surface area (Å²) in [5.41, 5.74) is 4.72. The summed E-state index contributed by atoms with van der Waals surface area (Å²) < 4.78 is 6.02. The van der Waals surface area contributed by atoms with Crippen molar-refractivity contribution in [3.05, 3.63) is 107 Å². The van der Waals surface area contributed by atoms with Gasteiger partial charge in [0.15, 0.2) is 0 Å². The molecule has 29 heavy (non-hydrogen) atoms. The van der Waals surface area contributed by atoms with Crippen molar-refractivity contribution >= 4 is 28.1 Å². The van der Waals surface area contributed by atoms with Gasteiger partial charge in [-0.1, -0.05) is 79.2 Å². The number of anilines is 1. The van der Waals surface area contributed by atoms with Crippen molar-refractivity contribution in [1.29, 1.82) is 0 Å². The maximum absolute atomic E-state index is 6.48. The van der Waals surface area contributed by atoms with Crippen molar-refractivity contribution in [3.8, 4) is 5.75 Å². The van der Waals surface area contributed by atoms with Crippen LogP contribution in [0.1, 0.15) is 23.6 Å². The number of nitrogens with one attached hydrogen (secondary N) is 1. The Balaban J connectivity index is 1.40. The molecule has 0 saturated carbocycles. The Hall–Kier alpha value is -2.97. The van der Waals surface area contributed by atoms with E-state index in [2.05, 4.69) is 85.0 Å². The number of halogens is 1. The predicted molar refractivity (Wildman–Crippen MR) is 123 cm³/mol. The van der Waals surface area contributed by atoms with Gasteiger partial charge in [0.25, 0.3) is 0 Å². The molecule has 4 rings (SSSR count). The Morgan fingerprint density at radius 2 is 1.59 bits per heavy atom. The van der Waals surface area contributed by atoms with Crippen molar-refractivity contribution in [2.75, 3.05) is 5.32 Å². The smallest absolute Gasteiger partial charge is 0.138 e. The zero-order valence-electron chi connectivity index (χ0n) is 16.5. The molecule has 0 fully saturated rings. The summed E-state index contributed by atoms with van der Waals surface area (Å²) in [6.45, 7) is 3.37. The van der Waals surface area contributed by atoms with Crippen LogP contribution < -0.4 is 10.1 Å². The first kappa shape index (κ1) is 19.4. The van der Waals surface area contributed by atoms with Gasteiger partial charge in [0.1, 0.15) is 12.4 Å². The molecular weight excluding hydrogens is 378 g/mol. The number of aryl methyl sites for hydroxylation is 1. The molecular formula is C26H24ClNO. The molecule has 4 aromatic rings. The van der Waals surface area contributed by atoms with E-state index in [1.807, 2.05) is 12.1 Å². The second-order valence-corrected chi connectivity index (χ2v) is 7.50. The van der Waals surface area contributed by atoms with Gasteiger partial charge < -0.3 is 10.1 Å². The summed E-state index contributed by atoms with van der Waals surface area (Å²) in [4.78, 5) is 0. The van der Waals surface area contributed by atoms with Gasteiger partial charge in [0, 0.05) is 12.2 Å². The first-order valence-electron chi connectivity index (χ1n) is 9.93. The molecule has 0 atom stereocenters. The van der Waals surface area contributed by atoms with Crippen molar-refractivity contribution in [2.24, 2.45) is 0 Å². The zero-order chi connectivity index (χ0) is 20.1. The Bertz CT molecular complexity index is 1100.